The van der Waals surface area contributed by atoms with Crippen molar-refractivity contribution in [3.05, 3.63) is 48.6 Å². The van der Waals surface area contributed by atoms with Gasteiger partial charge < -0.3 is 21.3 Å². The predicted octanol–water partition coefficient (Wildman–Crippen LogP) is 24.0. The number of hydrogen-bond acceptors (Lipinski definition) is 6. The lowest BCUT2D eigenvalue weighted by atomic mass is 9.99. The Balaban J connectivity index is 5.20. The van der Waals surface area contributed by atoms with Crippen LogP contribution in [0.5, 0.6) is 0 Å². The van der Waals surface area contributed by atoms with E-state index in [9.17, 15) is 19.2 Å². The molecule has 0 aromatic rings. The van der Waals surface area contributed by atoms with E-state index in [1.54, 1.807) is 0 Å². The van der Waals surface area contributed by atoms with Gasteiger partial charge >= 0.3 is 0 Å². The van der Waals surface area contributed by atoms with Gasteiger partial charge in [-0.2, -0.15) is 0 Å². The van der Waals surface area contributed by atoms with E-state index in [4.69, 9.17) is 0 Å². The first kappa shape index (κ1) is 87.2. The van der Waals surface area contributed by atoms with E-state index in [0.29, 0.717) is 64.7 Å². The minimum Gasteiger partial charge on any atom is -0.356 e. The number of amides is 2. The minimum atomic E-state index is -0.310. The lowest BCUT2D eigenvalue weighted by Gasteiger charge is -2.21. The van der Waals surface area contributed by atoms with Gasteiger partial charge in [0.1, 0.15) is 11.6 Å². The lowest BCUT2D eigenvalue weighted by Crippen LogP contribution is -2.42. The fourth-order valence-electron chi connectivity index (χ4n) is 12.3. The zero-order chi connectivity index (χ0) is 65.2. The largest absolute Gasteiger partial charge is 0.356 e. The maximum Gasteiger partial charge on any atom is 0.219 e. The van der Waals surface area contributed by atoms with Crippen LogP contribution >= 0.6 is 0 Å². The molecule has 0 fully saturated rings. The summed E-state index contributed by atoms with van der Waals surface area (Å²) < 4.78 is 0. The number of rotatable bonds is 75. The van der Waals surface area contributed by atoms with Gasteiger partial charge in [-0.25, -0.2) is 0 Å². The van der Waals surface area contributed by atoms with Crippen LogP contribution in [0.2, 0.25) is 0 Å². The van der Waals surface area contributed by atoms with E-state index >= 15 is 0 Å². The van der Waals surface area contributed by atoms with Crippen molar-refractivity contribution < 1.29 is 19.2 Å². The standard InChI is InChI=1S/C82H154N4O4/c1-5-9-13-17-21-25-29-33-37-41-45-49-53-57-61-68-79(87)77(84-74-66-75-85-81(89)70-63-59-55-51-47-43-39-35-31-27-23-19-15-11-7-3)67-65-73-83-78(80(88)69-62-58-54-50-46-42-38-34-30-26-22-18-14-10-6-2)72-76-86-82(90)71-64-60-56-52-48-44-40-36-32-28-24-20-16-12-8-4/h33-40,77-78,83-84H,5-32,41-76H2,1-4H3,(H,85,89)(H,86,90)/b37-33-,38-34-,39-35-,40-36-. The summed E-state index contributed by atoms with van der Waals surface area (Å²) in [4.78, 5) is 53.5. The monoisotopic (exact) mass is 1260 g/mol. The molecule has 0 heterocycles. The van der Waals surface area contributed by atoms with Crippen molar-refractivity contribution in [3.63, 3.8) is 0 Å². The van der Waals surface area contributed by atoms with E-state index in [0.717, 1.165) is 89.9 Å². The van der Waals surface area contributed by atoms with Crippen LogP contribution in [0, 0.1) is 0 Å². The molecule has 0 aromatic carbocycles. The molecule has 90 heavy (non-hydrogen) atoms. The second-order valence-electron chi connectivity index (χ2n) is 27.3. The van der Waals surface area contributed by atoms with Gasteiger partial charge in [0, 0.05) is 38.8 Å². The molecule has 0 saturated heterocycles. The molecular formula is C82H154N4O4. The van der Waals surface area contributed by atoms with Gasteiger partial charge in [0.15, 0.2) is 0 Å². The van der Waals surface area contributed by atoms with Crippen LogP contribution < -0.4 is 21.3 Å². The van der Waals surface area contributed by atoms with Gasteiger partial charge in [-0.15, -0.1) is 0 Å². The number of Topliss-reactive ketones (excluding diaryl/α,β-unsaturated/α-hetero) is 2. The Morgan fingerprint density at radius 2 is 0.467 bits per heavy atom. The maximum atomic E-state index is 13.9. The third-order valence-electron chi connectivity index (χ3n) is 18.4. The number of carbonyl (C=O) groups excluding carboxylic acids is 4. The summed E-state index contributed by atoms with van der Waals surface area (Å²) in [7, 11) is 0. The Bertz CT molecular complexity index is 1640. The molecule has 0 aliphatic heterocycles. The summed E-state index contributed by atoms with van der Waals surface area (Å²) in [6.07, 6.45) is 88.6. The van der Waals surface area contributed by atoms with E-state index in [1.165, 1.54) is 257 Å². The molecule has 0 aliphatic carbocycles. The highest BCUT2D eigenvalue weighted by Crippen LogP contribution is 2.17. The molecule has 0 saturated carbocycles. The van der Waals surface area contributed by atoms with Crippen molar-refractivity contribution >= 4 is 23.4 Å². The van der Waals surface area contributed by atoms with Crippen LogP contribution in [0.3, 0.4) is 0 Å². The van der Waals surface area contributed by atoms with Crippen LogP contribution in [-0.2, 0) is 19.2 Å². The Morgan fingerprint density at radius 1 is 0.233 bits per heavy atom. The van der Waals surface area contributed by atoms with E-state index in [-0.39, 0.29) is 35.5 Å². The number of unbranched alkanes of at least 4 members (excludes halogenated alkanes) is 44. The lowest BCUT2D eigenvalue weighted by molar-refractivity contribution is -0.123. The zero-order valence-corrected chi connectivity index (χ0v) is 60.7. The van der Waals surface area contributed by atoms with E-state index in [1.807, 2.05) is 0 Å². The Kier molecular flexibility index (Phi) is 72.8. The third-order valence-corrected chi connectivity index (χ3v) is 18.4. The first-order valence-electron chi connectivity index (χ1n) is 40.0. The van der Waals surface area contributed by atoms with Crippen molar-refractivity contribution in [1.82, 2.24) is 21.3 Å². The number of allylic oxidation sites excluding steroid dienone is 8. The number of hydrogen-bond donors (Lipinski definition) is 4. The second-order valence-corrected chi connectivity index (χ2v) is 27.3. The summed E-state index contributed by atoms with van der Waals surface area (Å²) in [5, 5.41) is 13.5. The van der Waals surface area contributed by atoms with Crippen LogP contribution in [-0.4, -0.2) is 61.6 Å². The Morgan fingerprint density at radius 3 is 0.767 bits per heavy atom. The molecule has 2 unspecified atom stereocenters. The molecule has 0 radical (unpaired) electrons. The third kappa shape index (κ3) is 68.0. The molecule has 2 amide bonds. The van der Waals surface area contributed by atoms with Crippen LogP contribution in [0.4, 0.5) is 0 Å². The summed E-state index contributed by atoms with van der Waals surface area (Å²) in [5.74, 6) is 0.752. The average molecular weight is 1260 g/mol. The highest BCUT2D eigenvalue weighted by molar-refractivity contribution is 5.84. The van der Waals surface area contributed by atoms with Gasteiger partial charge in [0.25, 0.3) is 0 Å². The molecule has 0 bridgehead atoms. The fraction of sp³-hybridized carbons (Fsp3) is 0.854. The molecule has 526 valence electrons. The number of carbonyl (C=O) groups is 4. The van der Waals surface area contributed by atoms with Gasteiger partial charge in [-0.3, -0.25) is 19.2 Å². The molecule has 0 spiro atoms. The maximum absolute atomic E-state index is 13.9. The molecule has 8 nitrogen and oxygen atoms in total. The molecule has 0 aromatic heterocycles. The number of ketones is 2. The summed E-state index contributed by atoms with van der Waals surface area (Å²) in [6, 6.07) is -0.550. The highest BCUT2D eigenvalue weighted by Gasteiger charge is 2.20. The van der Waals surface area contributed by atoms with Gasteiger partial charge in [0.2, 0.25) is 11.8 Å². The van der Waals surface area contributed by atoms with Crippen molar-refractivity contribution in [2.24, 2.45) is 0 Å². The van der Waals surface area contributed by atoms with Gasteiger partial charge in [-0.05, 0) is 167 Å². The summed E-state index contributed by atoms with van der Waals surface area (Å²) in [6.45, 7) is 11.5. The first-order chi connectivity index (χ1) is 44.4. The Hall–Kier alpha value is -2.84. The quantitative estimate of drug-likeness (QED) is 0.0356. The molecule has 0 aliphatic rings. The molecule has 0 rings (SSSR count). The topological polar surface area (TPSA) is 116 Å². The fourth-order valence-corrected chi connectivity index (χ4v) is 12.3. The zero-order valence-electron chi connectivity index (χ0n) is 60.7. The van der Waals surface area contributed by atoms with E-state index in [2.05, 4.69) is 97.6 Å². The van der Waals surface area contributed by atoms with Crippen molar-refractivity contribution in [2.45, 2.75) is 425 Å². The SMILES string of the molecule is CCCCCCCC/C=C\CCCCCCCC(=O)NCCCNC(CCCNC(CCNC(=O)CCCCCCC/C=C\CCCCCCCC)C(=O)CCCCCCC/C=C\CCCCCCCC)C(=O)CCCCCCC/C=C\CCCCCCCC. The van der Waals surface area contributed by atoms with E-state index < -0.39 is 0 Å². The van der Waals surface area contributed by atoms with Gasteiger partial charge in [0.05, 0.1) is 12.1 Å². The minimum absolute atomic E-state index is 0.0905. The molecular weight excluding hydrogens is 1100 g/mol. The van der Waals surface area contributed by atoms with Crippen LogP contribution in [0.25, 0.3) is 0 Å². The van der Waals surface area contributed by atoms with Crippen molar-refractivity contribution in [3.8, 4) is 0 Å². The average Bonchev–Trinajstić information content (AvgIpc) is 3.64. The van der Waals surface area contributed by atoms with Crippen LogP contribution in [0.15, 0.2) is 48.6 Å². The normalized spacial score (nSPS) is 12.6. The molecule has 2 atom stereocenters. The van der Waals surface area contributed by atoms with Crippen molar-refractivity contribution in [1.29, 1.82) is 0 Å². The van der Waals surface area contributed by atoms with Gasteiger partial charge in [-0.1, -0.05) is 282 Å². The predicted molar refractivity (Wildman–Crippen MR) is 396 cm³/mol. The summed E-state index contributed by atoms with van der Waals surface area (Å²) >= 11 is 0. The highest BCUT2D eigenvalue weighted by atomic mass is 16.2. The molecule has 8 heteroatoms. The molecule has 4 N–H and O–H groups in total. The smallest absolute Gasteiger partial charge is 0.219 e. The summed E-state index contributed by atoms with van der Waals surface area (Å²) in [5.41, 5.74) is 0. The number of nitrogens with one attached hydrogen (secondary N) is 4. The van der Waals surface area contributed by atoms with Crippen LogP contribution in [0.1, 0.15) is 413 Å². The second kappa shape index (κ2) is 75.2. The first-order valence-corrected chi connectivity index (χ1v) is 40.0. The Labute approximate surface area is 560 Å². The van der Waals surface area contributed by atoms with Crippen molar-refractivity contribution in [2.75, 3.05) is 26.2 Å².